The van der Waals surface area contributed by atoms with Crippen LogP contribution in [0.2, 0.25) is 0 Å². The van der Waals surface area contributed by atoms with Crippen molar-refractivity contribution in [3.8, 4) is 11.5 Å². The Balaban J connectivity index is 1.92. The second kappa shape index (κ2) is 7.94. The molecule has 2 aromatic rings. The summed E-state index contributed by atoms with van der Waals surface area (Å²) >= 11 is 6.20. The van der Waals surface area contributed by atoms with Gasteiger partial charge in [0.25, 0.3) is 11.8 Å². The molecule has 0 fully saturated rings. The molecule has 1 aliphatic rings. The van der Waals surface area contributed by atoms with E-state index in [1.807, 2.05) is 12.1 Å². The predicted octanol–water partition coefficient (Wildman–Crippen LogP) is 4.26. The van der Waals surface area contributed by atoms with Crippen molar-refractivity contribution in [2.24, 2.45) is 0 Å². The van der Waals surface area contributed by atoms with Crippen molar-refractivity contribution >= 4 is 34.8 Å². The van der Waals surface area contributed by atoms with Crippen molar-refractivity contribution in [1.82, 2.24) is 0 Å². The zero-order valence-electron chi connectivity index (χ0n) is 16.1. The van der Waals surface area contributed by atoms with E-state index in [-0.39, 0.29) is 10.7 Å². The quantitative estimate of drug-likeness (QED) is 0.733. The summed E-state index contributed by atoms with van der Waals surface area (Å²) in [6.07, 6.45) is 0. The third kappa shape index (κ3) is 3.55. The van der Waals surface area contributed by atoms with E-state index >= 15 is 0 Å². The molecular weight excluding hydrogens is 380 g/mol. The van der Waals surface area contributed by atoms with Crippen LogP contribution in [0.25, 0.3) is 0 Å². The van der Waals surface area contributed by atoms with Gasteiger partial charge >= 0.3 is 0 Å². The van der Waals surface area contributed by atoms with Gasteiger partial charge in [-0.25, -0.2) is 4.90 Å². The topological polar surface area (TPSA) is 67.9 Å². The number of methoxy groups -OCH3 is 2. The molecule has 1 N–H and O–H groups in total. The monoisotopic (exact) mass is 400 g/mol. The normalized spacial score (nSPS) is 14.1. The number of hydrogen-bond donors (Lipinski definition) is 1. The fraction of sp³-hybridized carbons (Fsp3) is 0.238. The summed E-state index contributed by atoms with van der Waals surface area (Å²) in [4.78, 5) is 26.6. The number of amides is 2. The summed E-state index contributed by atoms with van der Waals surface area (Å²) in [6.45, 7) is 4.15. The summed E-state index contributed by atoms with van der Waals surface area (Å²) < 4.78 is 10.5. The highest BCUT2D eigenvalue weighted by Gasteiger charge is 2.39. The summed E-state index contributed by atoms with van der Waals surface area (Å²) in [5, 5.41) is 2.75. The lowest BCUT2D eigenvalue weighted by Crippen LogP contribution is -2.32. The number of carbonyl (C=O) groups is 2. The van der Waals surface area contributed by atoms with Gasteiger partial charge in [0.1, 0.15) is 22.2 Å². The van der Waals surface area contributed by atoms with Crippen molar-refractivity contribution in [3.63, 3.8) is 0 Å². The number of nitrogens with one attached hydrogen (secondary N) is 1. The Bertz CT molecular complexity index is 951. The van der Waals surface area contributed by atoms with E-state index in [0.29, 0.717) is 28.8 Å². The number of halogens is 1. The zero-order valence-corrected chi connectivity index (χ0v) is 16.8. The molecule has 2 amide bonds. The van der Waals surface area contributed by atoms with Crippen LogP contribution in [0.3, 0.4) is 0 Å². The highest BCUT2D eigenvalue weighted by molar-refractivity contribution is 6.53. The predicted molar refractivity (Wildman–Crippen MR) is 109 cm³/mol. The molecular formula is C21H21ClN2O4. The fourth-order valence-electron chi connectivity index (χ4n) is 2.90. The van der Waals surface area contributed by atoms with Crippen molar-refractivity contribution in [1.29, 1.82) is 0 Å². The standard InChI is InChI=1S/C21H21ClN2O4/c1-12(2)13-5-7-14(8-6-13)24-20(25)18(22)19(21(24)26)23-16-11-15(27-3)9-10-17(16)28-4/h5-12,23H,1-4H3. The van der Waals surface area contributed by atoms with Crippen LogP contribution in [-0.2, 0) is 9.59 Å². The Hall–Kier alpha value is -2.99. The number of benzene rings is 2. The Morgan fingerprint density at radius 2 is 1.64 bits per heavy atom. The molecule has 0 aromatic heterocycles. The second-order valence-electron chi connectivity index (χ2n) is 6.57. The number of carbonyl (C=O) groups excluding carboxylic acids is 2. The van der Waals surface area contributed by atoms with E-state index in [1.54, 1.807) is 30.3 Å². The maximum Gasteiger partial charge on any atom is 0.283 e. The van der Waals surface area contributed by atoms with Gasteiger partial charge in [-0.15, -0.1) is 0 Å². The molecule has 6 nitrogen and oxygen atoms in total. The molecule has 146 valence electrons. The van der Waals surface area contributed by atoms with Crippen molar-refractivity contribution in [2.45, 2.75) is 19.8 Å². The lowest BCUT2D eigenvalue weighted by atomic mass is 10.0. The highest BCUT2D eigenvalue weighted by atomic mass is 35.5. The molecule has 0 unspecified atom stereocenters. The molecule has 0 spiro atoms. The summed E-state index contributed by atoms with van der Waals surface area (Å²) in [6, 6.07) is 12.3. The van der Waals surface area contributed by atoms with Crippen LogP contribution in [0.4, 0.5) is 11.4 Å². The molecule has 0 atom stereocenters. The van der Waals surface area contributed by atoms with E-state index in [1.165, 1.54) is 14.2 Å². The maximum absolute atomic E-state index is 12.9. The smallest absolute Gasteiger partial charge is 0.283 e. The van der Waals surface area contributed by atoms with Crippen LogP contribution in [0.5, 0.6) is 11.5 Å². The number of anilines is 2. The lowest BCUT2D eigenvalue weighted by molar-refractivity contribution is -0.120. The maximum atomic E-state index is 12.9. The first kappa shape index (κ1) is 19.8. The van der Waals surface area contributed by atoms with Gasteiger partial charge in [-0.05, 0) is 35.7 Å². The van der Waals surface area contributed by atoms with E-state index < -0.39 is 11.8 Å². The SMILES string of the molecule is COc1ccc(OC)c(NC2=C(Cl)C(=O)N(c3ccc(C(C)C)cc3)C2=O)c1. The number of hydrogen-bond acceptors (Lipinski definition) is 5. The first-order chi connectivity index (χ1) is 13.4. The molecule has 7 heteroatoms. The van der Waals surface area contributed by atoms with Gasteiger partial charge < -0.3 is 14.8 Å². The molecule has 28 heavy (non-hydrogen) atoms. The first-order valence-corrected chi connectivity index (χ1v) is 9.12. The van der Waals surface area contributed by atoms with Gasteiger partial charge in [0.2, 0.25) is 0 Å². The van der Waals surface area contributed by atoms with E-state index in [4.69, 9.17) is 21.1 Å². The van der Waals surface area contributed by atoms with Gasteiger partial charge in [-0.3, -0.25) is 9.59 Å². The minimum atomic E-state index is -0.576. The Morgan fingerprint density at radius 3 is 2.21 bits per heavy atom. The molecule has 1 aliphatic heterocycles. The van der Waals surface area contributed by atoms with Gasteiger partial charge in [-0.2, -0.15) is 0 Å². The van der Waals surface area contributed by atoms with E-state index in [2.05, 4.69) is 19.2 Å². The molecule has 0 radical (unpaired) electrons. The molecule has 0 saturated heterocycles. The van der Waals surface area contributed by atoms with Gasteiger partial charge in [-0.1, -0.05) is 37.6 Å². The van der Waals surface area contributed by atoms with E-state index in [9.17, 15) is 9.59 Å². The molecule has 1 heterocycles. The summed E-state index contributed by atoms with van der Waals surface area (Å²) in [7, 11) is 3.04. The minimum absolute atomic E-state index is 0.00819. The fourth-order valence-corrected chi connectivity index (χ4v) is 3.11. The van der Waals surface area contributed by atoms with Crippen molar-refractivity contribution in [2.75, 3.05) is 24.4 Å². The van der Waals surface area contributed by atoms with Crippen LogP contribution in [-0.4, -0.2) is 26.0 Å². The average molecular weight is 401 g/mol. The number of imide groups is 1. The molecule has 3 rings (SSSR count). The minimum Gasteiger partial charge on any atom is -0.497 e. The number of rotatable bonds is 6. The Morgan fingerprint density at radius 1 is 0.964 bits per heavy atom. The lowest BCUT2D eigenvalue weighted by Gasteiger charge is -2.17. The first-order valence-electron chi connectivity index (χ1n) is 8.75. The number of ether oxygens (including phenoxy) is 2. The van der Waals surface area contributed by atoms with Crippen LogP contribution >= 0.6 is 11.6 Å². The van der Waals surface area contributed by atoms with E-state index in [0.717, 1.165) is 10.5 Å². The van der Waals surface area contributed by atoms with Gasteiger partial charge in [0, 0.05) is 6.07 Å². The molecule has 2 aromatic carbocycles. The molecule has 0 saturated carbocycles. The largest absolute Gasteiger partial charge is 0.497 e. The Kier molecular flexibility index (Phi) is 5.61. The van der Waals surface area contributed by atoms with Crippen LogP contribution in [0.1, 0.15) is 25.3 Å². The average Bonchev–Trinajstić information content (AvgIpc) is 2.91. The molecule has 0 aliphatic carbocycles. The summed E-state index contributed by atoms with van der Waals surface area (Å²) in [5.74, 6) is 0.291. The van der Waals surface area contributed by atoms with Crippen LogP contribution in [0, 0.1) is 0 Å². The van der Waals surface area contributed by atoms with Crippen molar-refractivity contribution < 1.29 is 19.1 Å². The second-order valence-corrected chi connectivity index (χ2v) is 6.95. The third-order valence-electron chi connectivity index (χ3n) is 4.51. The third-order valence-corrected chi connectivity index (χ3v) is 4.86. The van der Waals surface area contributed by atoms with Crippen LogP contribution in [0.15, 0.2) is 53.2 Å². The molecule has 0 bridgehead atoms. The van der Waals surface area contributed by atoms with Gasteiger partial charge in [0.15, 0.2) is 0 Å². The number of nitrogens with zero attached hydrogens (tertiary/aromatic N) is 1. The van der Waals surface area contributed by atoms with Crippen LogP contribution < -0.4 is 19.7 Å². The summed E-state index contributed by atoms with van der Waals surface area (Å²) in [5.41, 5.74) is 2.03. The zero-order chi connectivity index (χ0) is 20.4. The highest BCUT2D eigenvalue weighted by Crippen LogP contribution is 2.35. The van der Waals surface area contributed by atoms with Gasteiger partial charge in [0.05, 0.1) is 25.6 Å². The Labute approximate surface area is 168 Å². The van der Waals surface area contributed by atoms with Crippen molar-refractivity contribution in [3.05, 3.63) is 58.8 Å².